The largest absolute Gasteiger partial charge is 0.337 e. The minimum Gasteiger partial charge on any atom is -0.337 e. The summed E-state index contributed by atoms with van der Waals surface area (Å²) in [6, 6.07) is 7.64. The zero-order chi connectivity index (χ0) is 13.5. The monoisotopic (exact) mass is 262 g/mol. The average molecular weight is 262 g/mol. The van der Waals surface area contributed by atoms with Crippen LogP contribution in [0.1, 0.15) is 5.56 Å². The Hall–Kier alpha value is -1.59. The highest BCUT2D eigenvalue weighted by Gasteiger charge is 2.09. The number of rotatable bonds is 4. The number of nitrogens with zero attached hydrogens (tertiary/aromatic N) is 1. The van der Waals surface area contributed by atoms with Crippen LogP contribution in [0.2, 0.25) is 0 Å². The van der Waals surface area contributed by atoms with E-state index in [0.29, 0.717) is 6.54 Å². The number of hydrogen-bond donors (Lipinski definition) is 3. The molecule has 0 unspecified atom stereocenters. The lowest BCUT2D eigenvalue weighted by molar-refractivity contribution is 0.233. The minimum atomic E-state index is -0.140. The van der Waals surface area contributed by atoms with E-state index in [1.165, 1.54) is 5.56 Å². The fraction of sp³-hybridized carbons (Fsp3) is 0.500. The highest BCUT2D eigenvalue weighted by atomic mass is 16.2. The van der Waals surface area contributed by atoms with Crippen LogP contribution in [-0.2, 0) is 0 Å². The quantitative estimate of drug-likeness (QED) is 0.759. The number of nitrogens with one attached hydrogen (secondary N) is 3. The molecule has 0 radical (unpaired) electrons. The fourth-order valence-corrected chi connectivity index (χ4v) is 2.07. The van der Waals surface area contributed by atoms with Crippen molar-refractivity contribution in [2.45, 2.75) is 6.92 Å². The lowest BCUT2D eigenvalue weighted by atomic mass is 10.2. The second-order valence-corrected chi connectivity index (χ2v) is 4.84. The van der Waals surface area contributed by atoms with Gasteiger partial charge in [-0.2, -0.15) is 0 Å². The van der Waals surface area contributed by atoms with E-state index >= 15 is 0 Å². The van der Waals surface area contributed by atoms with Crippen molar-refractivity contribution in [2.75, 3.05) is 44.6 Å². The first kappa shape index (κ1) is 13.8. The number of piperazine rings is 1. The first-order valence-corrected chi connectivity index (χ1v) is 6.78. The van der Waals surface area contributed by atoms with E-state index in [-0.39, 0.29) is 6.03 Å². The third-order valence-electron chi connectivity index (χ3n) is 3.23. The van der Waals surface area contributed by atoms with Gasteiger partial charge in [0.1, 0.15) is 0 Å². The summed E-state index contributed by atoms with van der Waals surface area (Å²) in [6.07, 6.45) is 0. The van der Waals surface area contributed by atoms with Crippen molar-refractivity contribution in [3.8, 4) is 0 Å². The Morgan fingerprint density at radius 2 is 1.95 bits per heavy atom. The topological polar surface area (TPSA) is 56.4 Å². The second-order valence-electron chi connectivity index (χ2n) is 4.84. The smallest absolute Gasteiger partial charge is 0.319 e. The van der Waals surface area contributed by atoms with Gasteiger partial charge in [0.05, 0.1) is 0 Å². The summed E-state index contributed by atoms with van der Waals surface area (Å²) in [5.41, 5.74) is 2.01. The van der Waals surface area contributed by atoms with Crippen LogP contribution in [0.5, 0.6) is 0 Å². The van der Waals surface area contributed by atoms with Crippen molar-refractivity contribution in [1.29, 1.82) is 0 Å². The first-order chi connectivity index (χ1) is 9.24. The van der Waals surface area contributed by atoms with Gasteiger partial charge in [-0.1, -0.05) is 17.7 Å². The Labute approximate surface area is 114 Å². The van der Waals surface area contributed by atoms with E-state index in [0.717, 1.165) is 38.4 Å². The van der Waals surface area contributed by atoms with Crippen LogP contribution in [-0.4, -0.2) is 50.2 Å². The summed E-state index contributed by atoms with van der Waals surface area (Å²) in [5.74, 6) is 0. The average Bonchev–Trinajstić information content (AvgIpc) is 2.43. The molecule has 5 nitrogen and oxygen atoms in total. The molecule has 1 aliphatic heterocycles. The van der Waals surface area contributed by atoms with Crippen molar-refractivity contribution in [3.05, 3.63) is 29.8 Å². The Bertz CT molecular complexity index is 398. The number of hydrogen-bond acceptors (Lipinski definition) is 3. The molecule has 1 fully saturated rings. The van der Waals surface area contributed by atoms with Crippen LogP contribution in [0.3, 0.4) is 0 Å². The van der Waals surface area contributed by atoms with Crippen LogP contribution >= 0.6 is 0 Å². The molecule has 2 amide bonds. The van der Waals surface area contributed by atoms with Crippen molar-refractivity contribution in [1.82, 2.24) is 15.5 Å². The van der Waals surface area contributed by atoms with Crippen LogP contribution in [0.25, 0.3) is 0 Å². The lowest BCUT2D eigenvalue weighted by Gasteiger charge is -2.27. The number of benzene rings is 1. The molecule has 1 aliphatic rings. The summed E-state index contributed by atoms with van der Waals surface area (Å²) >= 11 is 0. The third-order valence-corrected chi connectivity index (χ3v) is 3.23. The van der Waals surface area contributed by atoms with Gasteiger partial charge in [-0.05, 0) is 19.1 Å². The zero-order valence-electron chi connectivity index (χ0n) is 11.4. The number of aryl methyl sites for hydroxylation is 1. The maximum absolute atomic E-state index is 11.7. The van der Waals surface area contributed by atoms with Gasteiger partial charge in [-0.15, -0.1) is 0 Å². The summed E-state index contributed by atoms with van der Waals surface area (Å²) in [4.78, 5) is 14.0. The van der Waals surface area contributed by atoms with E-state index in [1.54, 1.807) is 0 Å². The molecule has 1 aromatic carbocycles. The van der Waals surface area contributed by atoms with Gasteiger partial charge in [0.15, 0.2) is 0 Å². The molecule has 19 heavy (non-hydrogen) atoms. The van der Waals surface area contributed by atoms with Crippen molar-refractivity contribution in [3.63, 3.8) is 0 Å². The van der Waals surface area contributed by atoms with Crippen molar-refractivity contribution in [2.24, 2.45) is 0 Å². The molecule has 0 aliphatic carbocycles. The highest BCUT2D eigenvalue weighted by Crippen LogP contribution is 2.07. The molecule has 1 aromatic rings. The maximum atomic E-state index is 11.7. The van der Waals surface area contributed by atoms with E-state index in [2.05, 4.69) is 20.9 Å². The molecule has 0 atom stereocenters. The van der Waals surface area contributed by atoms with Crippen molar-refractivity contribution >= 4 is 11.7 Å². The van der Waals surface area contributed by atoms with Gasteiger partial charge in [0, 0.05) is 45.0 Å². The molecular formula is C14H22N4O. The summed E-state index contributed by atoms with van der Waals surface area (Å²) in [6.45, 7) is 7.80. The standard InChI is InChI=1S/C14H22N4O/c1-12-2-4-13(5-3-12)17-14(19)16-8-11-18-9-6-15-7-10-18/h2-5,15H,6-11H2,1H3,(H2,16,17,19). The lowest BCUT2D eigenvalue weighted by Crippen LogP contribution is -2.46. The van der Waals surface area contributed by atoms with E-state index in [1.807, 2.05) is 31.2 Å². The molecule has 104 valence electrons. The molecule has 1 heterocycles. The fourth-order valence-electron chi connectivity index (χ4n) is 2.07. The number of urea groups is 1. The minimum absolute atomic E-state index is 0.140. The number of anilines is 1. The van der Waals surface area contributed by atoms with Crippen molar-refractivity contribution < 1.29 is 4.79 Å². The van der Waals surface area contributed by atoms with Crippen LogP contribution < -0.4 is 16.0 Å². The highest BCUT2D eigenvalue weighted by molar-refractivity contribution is 5.89. The SMILES string of the molecule is Cc1ccc(NC(=O)NCCN2CCNCC2)cc1. The molecule has 0 saturated carbocycles. The number of amides is 2. The van der Waals surface area contributed by atoms with Gasteiger partial charge < -0.3 is 16.0 Å². The van der Waals surface area contributed by atoms with Crippen LogP contribution in [0.4, 0.5) is 10.5 Å². The molecule has 5 heteroatoms. The molecule has 3 N–H and O–H groups in total. The third kappa shape index (κ3) is 4.89. The van der Waals surface area contributed by atoms with Gasteiger partial charge in [-0.3, -0.25) is 4.90 Å². The summed E-state index contributed by atoms with van der Waals surface area (Å²) < 4.78 is 0. The zero-order valence-corrected chi connectivity index (χ0v) is 11.4. The van der Waals surface area contributed by atoms with E-state index in [9.17, 15) is 4.79 Å². The molecule has 2 rings (SSSR count). The molecular weight excluding hydrogens is 240 g/mol. The number of carbonyl (C=O) groups is 1. The predicted molar refractivity (Wildman–Crippen MR) is 77.5 cm³/mol. The van der Waals surface area contributed by atoms with Crippen LogP contribution in [0, 0.1) is 6.92 Å². The normalized spacial score (nSPS) is 16.1. The summed E-state index contributed by atoms with van der Waals surface area (Å²) in [5, 5.41) is 9.02. The Kier molecular flexibility index (Phi) is 5.18. The summed E-state index contributed by atoms with van der Waals surface area (Å²) in [7, 11) is 0. The molecule has 0 aromatic heterocycles. The Balaban J connectivity index is 1.65. The van der Waals surface area contributed by atoms with Gasteiger partial charge >= 0.3 is 6.03 Å². The van der Waals surface area contributed by atoms with Crippen LogP contribution in [0.15, 0.2) is 24.3 Å². The van der Waals surface area contributed by atoms with Gasteiger partial charge in [-0.25, -0.2) is 4.79 Å². The first-order valence-electron chi connectivity index (χ1n) is 6.78. The van der Waals surface area contributed by atoms with E-state index in [4.69, 9.17) is 0 Å². The molecule has 1 saturated heterocycles. The Morgan fingerprint density at radius 3 is 2.63 bits per heavy atom. The van der Waals surface area contributed by atoms with E-state index < -0.39 is 0 Å². The predicted octanol–water partition coefficient (Wildman–Crippen LogP) is 1.02. The Morgan fingerprint density at radius 1 is 1.26 bits per heavy atom. The van der Waals surface area contributed by atoms with Gasteiger partial charge in [0.2, 0.25) is 0 Å². The number of carbonyl (C=O) groups excluding carboxylic acids is 1. The molecule has 0 bridgehead atoms. The maximum Gasteiger partial charge on any atom is 0.319 e. The van der Waals surface area contributed by atoms with Gasteiger partial charge in [0.25, 0.3) is 0 Å². The second kappa shape index (κ2) is 7.11. The molecule has 0 spiro atoms.